The zero-order valence-corrected chi connectivity index (χ0v) is 14.0. The van der Waals surface area contributed by atoms with E-state index in [0.717, 1.165) is 37.2 Å². The number of hydrogen-bond acceptors (Lipinski definition) is 4. The van der Waals surface area contributed by atoms with Crippen molar-refractivity contribution in [2.75, 3.05) is 18.0 Å². The molecule has 0 unspecified atom stereocenters. The van der Waals surface area contributed by atoms with Gasteiger partial charge in [0, 0.05) is 31.0 Å². The summed E-state index contributed by atoms with van der Waals surface area (Å²) in [5.41, 5.74) is 3.37. The summed E-state index contributed by atoms with van der Waals surface area (Å²) in [4.78, 5) is 17.6. The van der Waals surface area contributed by atoms with Gasteiger partial charge in [-0.25, -0.2) is 0 Å². The van der Waals surface area contributed by atoms with Crippen molar-refractivity contribution in [3.05, 3.63) is 52.2 Å². The van der Waals surface area contributed by atoms with Gasteiger partial charge in [-0.3, -0.25) is 15.1 Å². The number of nitrogens with zero attached hydrogens (tertiary/aromatic N) is 3. The van der Waals surface area contributed by atoms with Crippen molar-refractivity contribution >= 4 is 11.4 Å². The van der Waals surface area contributed by atoms with Gasteiger partial charge < -0.3 is 4.90 Å². The van der Waals surface area contributed by atoms with E-state index in [2.05, 4.69) is 23.7 Å². The number of nitro benzene ring substituents is 1. The number of hydrogen-bond donors (Lipinski definition) is 0. The lowest BCUT2D eigenvalue weighted by Crippen LogP contribution is -2.24. The predicted molar refractivity (Wildman–Crippen MR) is 93.9 cm³/mol. The SMILES string of the molecule is CCCN(CCC)c1ccc([N+](=O)[O-])c(-c2cc(C)ccn2)c1. The molecule has 1 aromatic heterocycles. The van der Waals surface area contributed by atoms with E-state index < -0.39 is 0 Å². The zero-order valence-electron chi connectivity index (χ0n) is 14.0. The lowest BCUT2D eigenvalue weighted by molar-refractivity contribution is -0.384. The van der Waals surface area contributed by atoms with Crippen LogP contribution in [-0.4, -0.2) is 23.0 Å². The summed E-state index contributed by atoms with van der Waals surface area (Å²) < 4.78 is 0. The van der Waals surface area contributed by atoms with E-state index in [1.54, 1.807) is 12.3 Å². The summed E-state index contributed by atoms with van der Waals surface area (Å²) in [6.45, 7) is 8.11. The Morgan fingerprint density at radius 3 is 2.39 bits per heavy atom. The molecule has 0 aliphatic rings. The molecule has 5 nitrogen and oxygen atoms in total. The van der Waals surface area contributed by atoms with Gasteiger partial charge in [0.1, 0.15) is 0 Å². The van der Waals surface area contributed by atoms with Crippen molar-refractivity contribution in [2.45, 2.75) is 33.6 Å². The second-order valence-corrected chi connectivity index (χ2v) is 5.66. The highest BCUT2D eigenvalue weighted by Gasteiger charge is 2.18. The van der Waals surface area contributed by atoms with E-state index in [9.17, 15) is 10.1 Å². The highest BCUT2D eigenvalue weighted by Crippen LogP contribution is 2.33. The summed E-state index contributed by atoms with van der Waals surface area (Å²) in [6.07, 6.45) is 3.76. The van der Waals surface area contributed by atoms with Crippen LogP contribution in [0.1, 0.15) is 32.3 Å². The van der Waals surface area contributed by atoms with Gasteiger partial charge in [-0.1, -0.05) is 13.8 Å². The molecule has 0 bridgehead atoms. The normalized spacial score (nSPS) is 10.6. The fourth-order valence-electron chi connectivity index (χ4n) is 2.68. The first-order valence-corrected chi connectivity index (χ1v) is 8.03. The first-order valence-electron chi connectivity index (χ1n) is 8.03. The van der Waals surface area contributed by atoms with Crippen LogP contribution in [0, 0.1) is 17.0 Å². The van der Waals surface area contributed by atoms with Crippen molar-refractivity contribution < 1.29 is 4.92 Å². The van der Waals surface area contributed by atoms with Gasteiger partial charge in [0.2, 0.25) is 0 Å². The van der Waals surface area contributed by atoms with Crippen molar-refractivity contribution in [1.29, 1.82) is 0 Å². The minimum absolute atomic E-state index is 0.0970. The maximum Gasteiger partial charge on any atom is 0.278 e. The van der Waals surface area contributed by atoms with Gasteiger partial charge in [0.15, 0.2) is 0 Å². The van der Waals surface area contributed by atoms with Crippen LogP contribution in [0.15, 0.2) is 36.5 Å². The number of nitro groups is 1. The fourth-order valence-corrected chi connectivity index (χ4v) is 2.68. The van der Waals surface area contributed by atoms with Crippen molar-refractivity contribution in [3.63, 3.8) is 0 Å². The summed E-state index contributed by atoms with van der Waals surface area (Å²) >= 11 is 0. The van der Waals surface area contributed by atoms with Gasteiger partial charge in [-0.2, -0.15) is 0 Å². The Labute approximate surface area is 137 Å². The van der Waals surface area contributed by atoms with E-state index in [0.29, 0.717) is 11.3 Å². The lowest BCUT2D eigenvalue weighted by Gasteiger charge is -2.24. The van der Waals surface area contributed by atoms with Gasteiger partial charge in [-0.05, 0) is 49.6 Å². The molecule has 23 heavy (non-hydrogen) atoms. The van der Waals surface area contributed by atoms with Crippen LogP contribution in [0.4, 0.5) is 11.4 Å². The molecule has 5 heteroatoms. The molecule has 0 spiro atoms. The van der Waals surface area contributed by atoms with Crippen LogP contribution in [-0.2, 0) is 0 Å². The molecular weight excluding hydrogens is 290 g/mol. The highest BCUT2D eigenvalue weighted by molar-refractivity contribution is 5.75. The van der Waals surface area contributed by atoms with E-state index in [4.69, 9.17) is 0 Å². The van der Waals surface area contributed by atoms with Crippen LogP contribution >= 0.6 is 0 Å². The van der Waals surface area contributed by atoms with Crippen molar-refractivity contribution in [1.82, 2.24) is 4.98 Å². The second-order valence-electron chi connectivity index (χ2n) is 5.66. The van der Waals surface area contributed by atoms with Crippen LogP contribution in [0.2, 0.25) is 0 Å². The Morgan fingerprint density at radius 2 is 1.83 bits per heavy atom. The van der Waals surface area contributed by atoms with Crippen LogP contribution in [0.5, 0.6) is 0 Å². The van der Waals surface area contributed by atoms with Crippen molar-refractivity contribution in [3.8, 4) is 11.3 Å². The molecule has 0 amide bonds. The molecular formula is C18H23N3O2. The quantitative estimate of drug-likeness (QED) is 0.554. The zero-order chi connectivity index (χ0) is 16.8. The Bertz CT molecular complexity index is 680. The molecule has 0 fully saturated rings. The first kappa shape index (κ1) is 16.9. The number of aromatic nitrogens is 1. The van der Waals surface area contributed by atoms with Gasteiger partial charge in [-0.15, -0.1) is 0 Å². The maximum atomic E-state index is 11.4. The largest absolute Gasteiger partial charge is 0.372 e. The average Bonchev–Trinajstić information content (AvgIpc) is 2.54. The van der Waals surface area contributed by atoms with Gasteiger partial charge in [0.25, 0.3) is 5.69 Å². The molecule has 0 aliphatic heterocycles. The maximum absolute atomic E-state index is 11.4. The van der Waals surface area contributed by atoms with E-state index >= 15 is 0 Å². The standard InChI is InChI=1S/C18H23N3O2/c1-4-10-20(11-5-2)15-6-7-18(21(22)23)16(13-15)17-12-14(3)8-9-19-17/h6-9,12-13H,4-5,10-11H2,1-3H3. The molecule has 1 heterocycles. The third kappa shape index (κ3) is 4.06. The van der Waals surface area contributed by atoms with Gasteiger partial charge >= 0.3 is 0 Å². The summed E-state index contributed by atoms with van der Waals surface area (Å²) in [7, 11) is 0. The van der Waals surface area contributed by atoms with Crippen molar-refractivity contribution in [2.24, 2.45) is 0 Å². The number of pyridine rings is 1. The highest BCUT2D eigenvalue weighted by atomic mass is 16.6. The Kier molecular flexibility index (Phi) is 5.68. The minimum atomic E-state index is -0.340. The molecule has 0 aliphatic carbocycles. The number of anilines is 1. The molecule has 122 valence electrons. The van der Waals surface area contributed by atoms with E-state index in [1.165, 1.54) is 0 Å². The number of aryl methyl sites for hydroxylation is 1. The molecule has 0 saturated heterocycles. The van der Waals surface area contributed by atoms with Crippen LogP contribution < -0.4 is 4.90 Å². The van der Waals surface area contributed by atoms with Crippen LogP contribution in [0.25, 0.3) is 11.3 Å². The topological polar surface area (TPSA) is 59.3 Å². The van der Waals surface area contributed by atoms with Crippen LogP contribution in [0.3, 0.4) is 0 Å². The predicted octanol–water partition coefficient (Wildman–Crippen LogP) is 4.59. The van der Waals surface area contributed by atoms with E-state index in [1.807, 2.05) is 31.2 Å². The monoisotopic (exact) mass is 313 g/mol. The number of rotatable bonds is 7. The minimum Gasteiger partial charge on any atom is -0.372 e. The molecule has 2 aromatic rings. The lowest BCUT2D eigenvalue weighted by atomic mass is 10.1. The Hall–Kier alpha value is -2.43. The molecule has 0 N–H and O–H groups in total. The van der Waals surface area contributed by atoms with Gasteiger partial charge in [0.05, 0.1) is 16.2 Å². The second kappa shape index (κ2) is 7.72. The fraction of sp³-hybridized carbons (Fsp3) is 0.389. The summed E-state index contributed by atoms with van der Waals surface area (Å²) in [5.74, 6) is 0. The summed E-state index contributed by atoms with van der Waals surface area (Å²) in [5, 5.41) is 11.4. The Balaban J connectivity index is 2.53. The third-order valence-corrected chi connectivity index (χ3v) is 3.72. The first-order chi connectivity index (χ1) is 11.1. The molecule has 0 atom stereocenters. The smallest absolute Gasteiger partial charge is 0.278 e. The summed E-state index contributed by atoms with van der Waals surface area (Å²) in [6, 6.07) is 9.09. The average molecular weight is 313 g/mol. The molecule has 1 aromatic carbocycles. The molecule has 2 rings (SSSR count). The third-order valence-electron chi connectivity index (χ3n) is 3.72. The van der Waals surface area contributed by atoms with E-state index in [-0.39, 0.29) is 10.6 Å². The molecule has 0 radical (unpaired) electrons. The Morgan fingerprint density at radius 1 is 1.13 bits per heavy atom. The number of benzene rings is 1. The molecule has 0 saturated carbocycles.